The first-order valence-corrected chi connectivity index (χ1v) is 7.30. The molecule has 1 rings (SSSR count). The second-order valence-corrected chi connectivity index (χ2v) is 4.86. The molecule has 0 heterocycles. The average Bonchev–Trinajstić information content (AvgIpc) is 2.40. The molecule has 0 fully saturated rings. The van der Waals surface area contributed by atoms with Gasteiger partial charge in [-0.05, 0) is 31.5 Å². The molecule has 1 N–H and O–H groups in total. The lowest BCUT2D eigenvalue weighted by Crippen LogP contribution is -2.21. The van der Waals surface area contributed by atoms with Crippen LogP contribution in [0.2, 0.25) is 5.02 Å². The molecule has 3 nitrogen and oxygen atoms in total. The van der Waals surface area contributed by atoms with E-state index in [1.54, 1.807) is 0 Å². The van der Waals surface area contributed by atoms with E-state index in [1.807, 2.05) is 25.1 Å². The summed E-state index contributed by atoms with van der Waals surface area (Å²) in [5.74, 6) is 0.758. The topological polar surface area (TPSA) is 30.5 Å². The Labute approximate surface area is 121 Å². The molecule has 0 aliphatic heterocycles. The molecule has 0 spiro atoms. The van der Waals surface area contributed by atoms with Gasteiger partial charge in [0.25, 0.3) is 0 Å². The fourth-order valence-corrected chi connectivity index (χ4v) is 1.95. The zero-order valence-corrected chi connectivity index (χ0v) is 12.6. The number of unbranched alkanes of at least 4 members (excludes halogenated alkanes) is 1. The summed E-state index contributed by atoms with van der Waals surface area (Å²) in [6.45, 7) is 7.96. The van der Waals surface area contributed by atoms with Crippen LogP contribution in [0.25, 0.3) is 0 Å². The fraction of sp³-hybridized carbons (Fsp3) is 0.600. The van der Waals surface area contributed by atoms with E-state index in [0.29, 0.717) is 24.8 Å². The van der Waals surface area contributed by atoms with Crippen molar-refractivity contribution >= 4 is 11.6 Å². The van der Waals surface area contributed by atoms with Crippen molar-refractivity contribution in [3.63, 3.8) is 0 Å². The van der Waals surface area contributed by atoms with Gasteiger partial charge in [0.15, 0.2) is 0 Å². The number of para-hydroxylation sites is 1. The zero-order chi connectivity index (χ0) is 13.9. The Kier molecular flexibility index (Phi) is 8.63. The highest BCUT2D eigenvalue weighted by Gasteiger charge is 2.04. The van der Waals surface area contributed by atoms with Crippen molar-refractivity contribution in [2.75, 3.05) is 32.9 Å². The average molecular weight is 286 g/mol. The summed E-state index contributed by atoms with van der Waals surface area (Å²) in [5.41, 5.74) is 1.05. The Morgan fingerprint density at radius 2 is 2.00 bits per heavy atom. The molecule has 0 aliphatic carbocycles. The molecule has 0 saturated heterocycles. The minimum Gasteiger partial charge on any atom is -0.489 e. The van der Waals surface area contributed by atoms with Crippen molar-refractivity contribution in [2.45, 2.75) is 26.7 Å². The molecule has 0 saturated carbocycles. The number of halogens is 1. The SMILES string of the molecule is CCCCNCCOCCOc1c(C)cccc1Cl. The van der Waals surface area contributed by atoms with E-state index in [4.69, 9.17) is 21.1 Å². The van der Waals surface area contributed by atoms with E-state index >= 15 is 0 Å². The first-order valence-electron chi connectivity index (χ1n) is 6.92. The number of hydrogen-bond donors (Lipinski definition) is 1. The number of nitrogens with one attached hydrogen (secondary N) is 1. The van der Waals surface area contributed by atoms with Gasteiger partial charge in [-0.25, -0.2) is 0 Å². The van der Waals surface area contributed by atoms with Crippen LogP contribution in [0.5, 0.6) is 5.75 Å². The lowest BCUT2D eigenvalue weighted by Gasteiger charge is -2.11. The predicted octanol–water partition coefficient (Wildman–Crippen LogP) is 3.43. The summed E-state index contributed by atoms with van der Waals surface area (Å²) in [5, 5.41) is 3.98. The second-order valence-electron chi connectivity index (χ2n) is 4.45. The van der Waals surface area contributed by atoms with E-state index in [-0.39, 0.29) is 0 Å². The molecule has 0 aromatic heterocycles. The standard InChI is InChI=1S/C15H24ClNO2/c1-3-4-8-17-9-10-18-11-12-19-15-13(2)6-5-7-14(15)16/h5-7,17H,3-4,8-12H2,1-2H3. The molecule has 0 bridgehead atoms. The molecule has 0 radical (unpaired) electrons. The van der Waals surface area contributed by atoms with Crippen LogP contribution in [-0.4, -0.2) is 32.9 Å². The third-order valence-electron chi connectivity index (χ3n) is 2.77. The van der Waals surface area contributed by atoms with Crippen molar-refractivity contribution in [1.82, 2.24) is 5.32 Å². The zero-order valence-electron chi connectivity index (χ0n) is 11.9. The summed E-state index contributed by atoms with van der Waals surface area (Å²) in [4.78, 5) is 0. The molecule has 1 aromatic rings. The number of benzene rings is 1. The second kappa shape index (κ2) is 10.1. The highest BCUT2D eigenvalue weighted by Crippen LogP contribution is 2.27. The van der Waals surface area contributed by atoms with Gasteiger partial charge in [-0.15, -0.1) is 0 Å². The van der Waals surface area contributed by atoms with Crippen molar-refractivity contribution in [1.29, 1.82) is 0 Å². The molecule has 0 aliphatic rings. The fourth-order valence-electron chi connectivity index (χ4n) is 1.68. The highest BCUT2D eigenvalue weighted by molar-refractivity contribution is 6.32. The lowest BCUT2D eigenvalue weighted by molar-refractivity contribution is 0.102. The van der Waals surface area contributed by atoms with Gasteiger partial charge < -0.3 is 14.8 Å². The van der Waals surface area contributed by atoms with Crippen LogP contribution in [0.15, 0.2) is 18.2 Å². The number of hydrogen-bond acceptors (Lipinski definition) is 3. The largest absolute Gasteiger partial charge is 0.489 e. The van der Waals surface area contributed by atoms with Crippen LogP contribution in [0.1, 0.15) is 25.3 Å². The number of rotatable bonds is 10. The number of ether oxygens (including phenoxy) is 2. The summed E-state index contributed by atoms with van der Waals surface area (Å²) < 4.78 is 11.1. The third-order valence-corrected chi connectivity index (χ3v) is 3.07. The van der Waals surface area contributed by atoms with Crippen molar-refractivity contribution in [2.24, 2.45) is 0 Å². The number of aryl methyl sites for hydroxylation is 1. The Morgan fingerprint density at radius 3 is 2.74 bits per heavy atom. The Hall–Kier alpha value is -0.770. The van der Waals surface area contributed by atoms with Gasteiger partial charge in [-0.3, -0.25) is 0 Å². The van der Waals surface area contributed by atoms with Crippen molar-refractivity contribution in [3.8, 4) is 5.75 Å². The predicted molar refractivity (Wildman–Crippen MR) is 80.3 cm³/mol. The maximum atomic E-state index is 6.06. The molecular weight excluding hydrogens is 262 g/mol. The first kappa shape index (κ1) is 16.3. The van der Waals surface area contributed by atoms with E-state index in [9.17, 15) is 0 Å². The van der Waals surface area contributed by atoms with Crippen LogP contribution in [0.3, 0.4) is 0 Å². The normalized spacial score (nSPS) is 10.7. The van der Waals surface area contributed by atoms with Crippen LogP contribution < -0.4 is 10.1 Å². The van der Waals surface area contributed by atoms with E-state index in [1.165, 1.54) is 12.8 Å². The van der Waals surface area contributed by atoms with Gasteiger partial charge in [-0.1, -0.05) is 37.1 Å². The summed E-state index contributed by atoms with van der Waals surface area (Å²) in [6, 6.07) is 5.74. The summed E-state index contributed by atoms with van der Waals surface area (Å²) in [7, 11) is 0. The van der Waals surface area contributed by atoms with Crippen LogP contribution in [0, 0.1) is 6.92 Å². The third kappa shape index (κ3) is 6.81. The van der Waals surface area contributed by atoms with Crippen LogP contribution >= 0.6 is 11.6 Å². The monoisotopic (exact) mass is 285 g/mol. The quantitative estimate of drug-likeness (QED) is 0.668. The molecule has 0 atom stereocenters. The smallest absolute Gasteiger partial charge is 0.140 e. The maximum Gasteiger partial charge on any atom is 0.140 e. The minimum atomic E-state index is 0.527. The first-order chi connectivity index (χ1) is 9.25. The van der Waals surface area contributed by atoms with Crippen molar-refractivity contribution in [3.05, 3.63) is 28.8 Å². The van der Waals surface area contributed by atoms with Gasteiger partial charge >= 0.3 is 0 Å². The molecule has 0 amide bonds. The van der Waals surface area contributed by atoms with E-state index in [2.05, 4.69) is 12.2 Å². The molecule has 0 unspecified atom stereocenters. The van der Waals surface area contributed by atoms with E-state index in [0.717, 1.165) is 24.4 Å². The summed E-state index contributed by atoms with van der Waals surface area (Å²) in [6.07, 6.45) is 2.44. The van der Waals surface area contributed by atoms with Gasteiger partial charge in [0.1, 0.15) is 12.4 Å². The molecular formula is C15H24ClNO2. The van der Waals surface area contributed by atoms with Crippen LogP contribution in [-0.2, 0) is 4.74 Å². The molecule has 108 valence electrons. The maximum absolute atomic E-state index is 6.06. The Morgan fingerprint density at radius 1 is 1.16 bits per heavy atom. The lowest BCUT2D eigenvalue weighted by atomic mass is 10.2. The minimum absolute atomic E-state index is 0.527. The Balaban J connectivity index is 2.05. The molecule has 1 aromatic carbocycles. The van der Waals surface area contributed by atoms with Crippen LogP contribution in [0.4, 0.5) is 0 Å². The van der Waals surface area contributed by atoms with E-state index < -0.39 is 0 Å². The molecule has 19 heavy (non-hydrogen) atoms. The van der Waals surface area contributed by atoms with Gasteiger partial charge in [0, 0.05) is 6.54 Å². The van der Waals surface area contributed by atoms with Gasteiger partial charge in [0.2, 0.25) is 0 Å². The van der Waals surface area contributed by atoms with Crippen molar-refractivity contribution < 1.29 is 9.47 Å². The Bertz CT molecular complexity index is 338. The molecule has 4 heteroatoms. The van der Waals surface area contributed by atoms with Gasteiger partial charge in [-0.2, -0.15) is 0 Å². The van der Waals surface area contributed by atoms with Gasteiger partial charge in [0.05, 0.1) is 18.2 Å². The highest BCUT2D eigenvalue weighted by atomic mass is 35.5. The summed E-state index contributed by atoms with van der Waals surface area (Å²) >= 11 is 6.06.